The third-order valence-electron chi connectivity index (χ3n) is 8.57. The number of aliphatic hydroxyl groups is 1. The minimum Gasteiger partial charge on any atom is -0.390 e. The first-order chi connectivity index (χ1) is 20.0. The Morgan fingerprint density at radius 1 is 0.977 bits per heavy atom. The molecule has 1 heterocycles. The van der Waals surface area contributed by atoms with Gasteiger partial charge in [-0.15, -0.1) is 0 Å². The minimum atomic E-state index is -5.46. The zero-order valence-electron chi connectivity index (χ0n) is 25.8. The molecule has 8 atom stereocenters. The van der Waals surface area contributed by atoms with Gasteiger partial charge < -0.3 is 34.6 Å². The number of rotatable bonds is 16. The molecule has 2 aliphatic rings. The number of amides is 1. The van der Waals surface area contributed by atoms with Crippen LogP contribution in [0, 0.1) is 23.7 Å². The lowest BCUT2D eigenvalue weighted by molar-refractivity contribution is -0.118. The van der Waals surface area contributed by atoms with Crippen LogP contribution in [0.1, 0.15) is 86.0 Å². The Labute approximate surface area is 254 Å². The number of phosphoric ester groups is 2. The molecule has 1 aliphatic carbocycles. The number of carbonyl (C=O) groups is 1. The summed E-state index contributed by atoms with van der Waals surface area (Å²) in [7, 11) is -14.0. The lowest BCUT2D eigenvalue weighted by Gasteiger charge is -2.45. The number of ether oxygens (including phenoxy) is 2. The fourth-order valence-corrected chi connectivity index (χ4v) is 11.8. The van der Waals surface area contributed by atoms with Gasteiger partial charge in [-0.25, -0.2) is 9.13 Å². The van der Waals surface area contributed by atoms with E-state index in [1.807, 2.05) is 0 Å². The van der Waals surface area contributed by atoms with Crippen LogP contribution in [0.4, 0.5) is 0 Å². The summed E-state index contributed by atoms with van der Waals surface area (Å²) in [6.07, 6.45) is 0.0367. The second-order valence-corrected chi connectivity index (χ2v) is 16.8. The summed E-state index contributed by atoms with van der Waals surface area (Å²) in [5, 5.41) is 9.40. The smallest absolute Gasteiger partial charge is 0.390 e. The summed E-state index contributed by atoms with van der Waals surface area (Å²) in [6.45, 7) is 7.29. The van der Waals surface area contributed by atoms with E-state index in [1.54, 1.807) is 13.8 Å². The average Bonchev–Trinajstić information content (AvgIpc) is 3.55. The molecular weight excluding hydrogens is 627 g/mol. The van der Waals surface area contributed by atoms with E-state index in [0.29, 0.717) is 0 Å². The number of aliphatic hydroxyl groups excluding tert-OH is 1. The largest absolute Gasteiger partial charge is 0.482 e. The molecule has 1 aliphatic heterocycles. The van der Waals surface area contributed by atoms with E-state index < -0.39 is 52.5 Å². The van der Waals surface area contributed by atoms with Crippen LogP contribution in [-0.2, 0) is 41.3 Å². The van der Waals surface area contributed by atoms with Crippen molar-refractivity contribution in [2.75, 3.05) is 20.3 Å². The van der Waals surface area contributed by atoms with E-state index >= 15 is 0 Å². The highest BCUT2D eigenvalue weighted by Gasteiger charge is 2.61. The average molecular weight is 676 g/mol. The molecule has 5 N–H and O–H groups in total. The molecule has 8 unspecified atom stereocenters. The summed E-state index contributed by atoms with van der Waals surface area (Å²) in [4.78, 5) is 43.0. The normalized spacial score (nSPS) is 28.7. The first-order valence-electron chi connectivity index (χ1n) is 14.6. The lowest BCUT2D eigenvalue weighted by atomic mass is 9.96. The SMILES string of the molecule is CCC(CC)(OC)P(=O)(O)C(CC)(CC)OP(=O)(O)OP(=O)(O)OCC1OC(C2CCC(C#CCNC(C)=O)C2)CC1O. The molecule has 43 heavy (non-hydrogen) atoms. The molecule has 0 radical (unpaired) electrons. The number of methoxy groups -OCH3 is 1. The molecule has 0 spiro atoms. The van der Waals surface area contributed by atoms with Crippen LogP contribution in [0.3, 0.4) is 0 Å². The van der Waals surface area contributed by atoms with Crippen LogP contribution in [0.15, 0.2) is 0 Å². The van der Waals surface area contributed by atoms with Gasteiger partial charge in [-0.2, -0.15) is 4.31 Å². The number of hydrogen-bond acceptors (Lipinski definition) is 10. The fraction of sp³-hybridized carbons (Fsp3) is 0.885. The van der Waals surface area contributed by atoms with Gasteiger partial charge in [0.15, 0.2) is 5.34 Å². The van der Waals surface area contributed by atoms with Crippen LogP contribution in [-0.4, -0.2) is 75.0 Å². The van der Waals surface area contributed by atoms with Crippen molar-refractivity contribution in [3.8, 4) is 11.8 Å². The Morgan fingerprint density at radius 3 is 2.12 bits per heavy atom. The molecule has 1 saturated carbocycles. The molecule has 0 aromatic rings. The van der Waals surface area contributed by atoms with Crippen molar-refractivity contribution in [2.24, 2.45) is 11.8 Å². The summed E-state index contributed by atoms with van der Waals surface area (Å²) in [6, 6.07) is 0. The monoisotopic (exact) mass is 675 g/mol. The number of phosphoric acid groups is 2. The van der Waals surface area contributed by atoms with E-state index in [0.717, 1.165) is 19.3 Å². The molecule has 2 fully saturated rings. The standard InChI is InChI=1S/C26H48NO13P3/c1-7-25(8-2,36-6)41(30,31)26(9-3,10-4)39-43(34,35)40-42(32,33)37-18-24-22(29)17-23(38-24)21-14-13-20(16-21)12-11-15-27-19(5)28/h20-24,29H,7-10,13-18H2,1-6H3,(H,27,28)(H,30,31)(H,32,33)(H,34,35). The van der Waals surface area contributed by atoms with Gasteiger partial charge >= 0.3 is 15.6 Å². The van der Waals surface area contributed by atoms with Crippen molar-refractivity contribution in [3.63, 3.8) is 0 Å². The van der Waals surface area contributed by atoms with Gasteiger partial charge in [0.2, 0.25) is 5.91 Å². The van der Waals surface area contributed by atoms with Gasteiger partial charge in [0, 0.05) is 26.4 Å². The van der Waals surface area contributed by atoms with Crippen molar-refractivity contribution in [3.05, 3.63) is 0 Å². The van der Waals surface area contributed by atoms with Crippen molar-refractivity contribution < 1.29 is 61.1 Å². The Kier molecular flexibility index (Phi) is 14.1. The molecule has 17 heteroatoms. The number of carbonyl (C=O) groups excluding carboxylic acids is 1. The highest BCUT2D eigenvalue weighted by atomic mass is 31.3. The van der Waals surface area contributed by atoms with Gasteiger partial charge in [0.05, 0.1) is 25.4 Å². The molecule has 0 aromatic heterocycles. The molecule has 2 rings (SSSR count). The van der Waals surface area contributed by atoms with Crippen LogP contribution in [0.5, 0.6) is 0 Å². The van der Waals surface area contributed by atoms with Crippen molar-refractivity contribution in [2.45, 2.75) is 115 Å². The van der Waals surface area contributed by atoms with E-state index in [4.69, 9.17) is 18.5 Å². The molecular formula is C26H48NO13P3. The Bertz CT molecular complexity index is 1140. The van der Waals surface area contributed by atoms with Crippen LogP contribution >= 0.6 is 23.0 Å². The third kappa shape index (κ3) is 9.45. The summed E-state index contributed by atoms with van der Waals surface area (Å²) < 4.78 is 65.5. The number of nitrogens with one attached hydrogen (secondary N) is 1. The first kappa shape index (κ1) is 38.5. The maximum Gasteiger partial charge on any atom is 0.482 e. The maximum atomic E-state index is 13.8. The highest BCUT2D eigenvalue weighted by Crippen LogP contribution is 2.74. The zero-order valence-corrected chi connectivity index (χ0v) is 28.4. The molecule has 14 nitrogen and oxygen atoms in total. The molecule has 0 aromatic carbocycles. The Morgan fingerprint density at radius 2 is 1.58 bits per heavy atom. The van der Waals surface area contributed by atoms with E-state index in [2.05, 4.69) is 21.5 Å². The third-order valence-corrected chi connectivity index (χ3v) is 15.2. The van der Waals surface area contributed by atoms with Gasteiger partial charge in [0.1, 0.15) is 11.4 Å². The summed E-state index contributed by atoms with van der Waals surface area (Å²) in [5.41, 5.74) is 0. The number of hydrogen-bond donors (Lipinski definition) is 5. The second-order valence-electron chi connectivity index (χ2n) is 11.0. The molecule has 1 saturated heterocycles. The molecule has 1 amide bonds. The van der Waals surface area contributed by atoms with Crippen LogP contribution in [0.25, 0.3) is 0 Å². The highest BCUT2D eigenvalue weighted by molar-refractivity contribution is 7.63. The van der Waals surface area contributed by atoms with E-state index in [-0.39, 0.29) is 62.5 Å². The Balaban J connectivity index is 2.02. The first-order valence-corrected chi connectivity index (χ1v) is 19.3. The van der Waals surface area contributed by atoms with Crippen molar-refractivity contribution >= 4 is 28.9 Å². The minimum absolute atomic E-state index is 0.0926. The van der Waals surface area contributed by atoms with Gasteiger partial charge in [-0.05, 0) is 50.9 Å². The zero-order chi connectivity index (χ0) is 32.7. The van der Waals surface area contributed by atoms with E-state index in [9.17, 15) is 38.3 Å². The maximum absolute atomic E-state index is 13.8. The summed E-state index contributed by atoms with van der Waals surface area (Å²) >= 11 is 0. The van der Waals surface area contributed by atoms with E-state index in [1.165, 1.54) is 27.9 Å². The topological polar surface area (TPSA) is 207 Å². The van der Waals surface area contributed by atoms with Gasteiger partial charge in [-0.1, -0.05) is 39.5 Å². The lowest BCUT2D eigenvalue weighted by Crippen LogP contribution is -2.42. The second kappa shape index (κ2) is 15.8. The van der Waals surface area contributed by atoms with Crippen LogP contribution < -0.4 is 5.32 Å². The predicted octanol–water partition coefficient (Wildman–Crippen LogP) is 4.26. The fourth-order valence-electron chi connectivity index (χ4n) is 5.94. The van der Waals surface area contributed by atoms with Crippen molar-refractivity contribution in [1.82, 2.24) is 5.32 Å². The van der Waals surface area contributed by atoms with Crippen molar-refractivity contribution in [1.29, 1.82) is 0 Å². The molecule has 0 bridgehead atoms. The molecule has 250 valence electrons. The predicted molar refractivity (Wildman–Crippen MR) is 158 cm³/mol. The van der Waals surface area contributed by atoms with Gasteiger partial charge in [0.25, 0.3) is 7.37 Å². The summed E-state index contributed by atoms with van der Waals surface area (Å²) in [5.74, 6) is 6.13. The Hall–Kier alpha value is -0.640. The van der Waals surface area contributed by atoms with Gasteiger partial charge in [-0.3, -0.25) is 18.4 Å². The quantitative estimate of drug-likeness (QED) is 0.115. The van der Waals surface area contributed by atoms with Crippen LogP contribution in [0.2, 0.25) is 0 Å².